The quantitative estimate of drug-likeness (QED) is 0.739. The molecule has 1 aromatic rings. The van der Waals surface area contributed by atoms with E-state index in [-0.39, 0.29) is 5.78 Å². The van der Waals surface area contributed by atoms with Crippen molar-refractivity contribution >= 4 is 5.78 Å². The third kappa shape index (κ3) is 3.76. The predicted molar refractivity (Wildman–Crippen MR) is 64.7 cm³/mol. The van der Waals surface area contributed by atoms with E-state index in [1.807, 2.05) is 18.2 Å². The summed E-state index contributed by atoms with van der Waals surface area (Å²) in [5.41, 5.74) is 0.796. The van der Waals surface area contributed by atoms with Crippen molar-refractivity contribution in [2.75, 3.05) is 13.6 Å². The van der Waals surface area contributed by atoms with Gasteiger partial charge in [0, 0.05) is 12.0 Å². The first-order valence-corrected chi connectivity index (χ1v) is 5.42. The van der Waals surface area contributed by atoms with Gasteiger partial charge in [0.05, 0.1) is 12.1 Å². The van der Waals surface area contributed by atoms with Crippen molar-refractivity contribution in [1.29, 1.82) is 0 Å². The van der Waals surface area contributed by atoms with Gasteiger partial charge in [0.1, 0.15) is 0 Å². The Morgan fingerprint density at radius 2 is 2.00 bits per heavy atom. The molecule has 2 N–H and O–H groups in total. The second-order valence-corrected chi connectivity index (χ2v) is 4.60. The van der Waals surface area contributed by atoms with E-state index in [0.717, 1.165) is 5.56 Å². The molecule has 0 unspecified atom stereocenters. The molecular weight excluding hydrogens is 202 g/mol. The number of aliphatic hydroxyl groups is 1. The molecule has 0 aliphatic rings. The number of carbonyl (C=O) groups excluding carboxylic acids is 1. The number of benzene rings is 1. The summed E-state index contributed by atoms with van der Waals surface area (Å²) >= 11 is 0. The SMILES string of the molecule is CNCC(=O)c1ccccc1CC(C)(C)O. The highest BCUT2D eigenvalue weighted by Gasteiger charge is 2.18. The highest BCUT2D eigenvalue weighted by Crippen LogP contribution is 2.16. The lowest BCUT2D eigenvalue weighted by Gasteiger charge is -2.18. The maximum Gasteiger partial charge on any atom is 0.176 e. The van der Waals surface area contributed by atoms with Gasteiger partial charge in [-0.1, -0.05) is 24.3 Å². The van der Waals surface area contributed by atoms with Gasteiger partial charge in [-0.2, -0.15) is 0 Å². The van der Waals surface area contributed by atoms with Crippen LogP contribution in [-0.4, -0.2) is 30.1 Å². The third-order valence-electron chi connectivity index (χ3n) is 2.28. The van der Waals surface area contributed by atoms with Crippen LogP contribution in [0.1, 0.15) is 29.8 Å². The standard InChI is InChI=1S/C13H19NO2/c1-13(2,16)8-10-6-4-5-7-11(10)12(15)9-14-3/h4-7,14,16H,8-9H2,1-3H3. The molecule has 0 bridgehead atoms. The summed E-state index contributed by atoms with van der Waals surface area (Å²) in [6.07, 6.45) is 0.485. The average Bonchev–Trinajstić information content (AvgIpc) is 2.16. The van der Waals surface area contributed by atoms with E-state index in [1.54, 1.807) is 27.0 Å². The van der Waals surface area contributed by atoms with Gasteiger partial charge in [0.2, 0.25) is 0 Å². The van der Waals surface area contributed by atoms with Crippen molar-refractivity contribution in [3.05, 3.63) is 35.4 Å². The Bertz CT molecular complexity index is 366. The maximum atomic E-state index is 11.8. The molecule has 0 fully saturated rings. The van der Waals surface area contributed by atoms with Crippen molar-refractivity contribution in [3.8, 4) is 0 Å². The average molecular weight is 221 g/mol. The van der Waals surface area contributed by atoms with E-state index in [2.05, 4.69) is 5.32 Å². The molecule has 0 aliphatic carbocycles. The molecule has 3 heteroatoms. The van der Waals surface area contributed by atoms with Gasteiger partial charge in [-0.3, -0.25) is 4.79 Å². The summed E-state index contributed by atoms with van der Waals surface area (Å²) in [6.45, 7) is 3.81. The van der Waals surface area contributed by atoms with Crippen LogP contribution in [0.4, 0.5) is 0 Å². The van der Waals surface area contributed by atoms with Gasteiger partial charge in [-0.25, -0.2) is 0 Å². The second kappa shape index (κ2) is 5.23. The normalized spacial score (nSPS) is 11.5. The predicted octanol–water partition coefficient (Wildman–Crippen LogP) is 1.40. The van der Waals surface area contributed by atoms with Crippen LogP contribution < -0.4 is 5.32 Å². The van der Waals surface area contributed by atoms with Crippen molar-refractivity contribution in [1.82, 2.24) is 5.32 Å². The van der Waals surface area contributed by atoms with Crippen LogP contribution in [0.15, 0.2) is 24.3 Å². The molecule has 0 saturated heterocycles. The lowest BCUT2D eigenvalue weighted by Crippen LogP contribution is -2.25. The Morgan fingerprint density at radius 1 is 1.38 bits per heavy atom. The zero-order chi connectivity index (χ0) is 12.2. The van der Waals surface area contributed by atoms with Crippen LogP contribution in [0.2, 0.25) is 0 Å². The number of rotatable bonds is 5. The van der Waals surface area contributed by atoms with Crippen LogP contribution in [0.3, 0.4) is 0 Å². The molecule has 88 valence electrons. The van der Waals surface area contributed by atoms with Crippen molar-refractivity contribution in [2.45, 2.75) is 25.9 Å². The molecule has 0 saturated carbocycles. The summed E-state index contributed by atoms with van der Waals surface area (Å²) in [6, 6.07) is 7.43. The van der Waals surface area contributed by atoms with Crippen molar-refractivity contribution in [3.63, 3.8) is 0 Å². The Kier molecular flexibility index (Phi) is 4.21. The summed E-state index contributed by atoms with van der Waals surface area (Å²) < 4.78 is 0. The molecular formula is C13H19NO2. The number of ketones is 1. The minimum absolute atomic E-state index is 0.0577. The fourth-order valence-corrected chi connectivity index (χ4v) is 1.67. The Labute approximate surface area is 96.5 Å². The molecule has 0 aliphatic heterocycles. The molecule has 0 aromatic heterocycles. The van der Waals surface area contributed by atoms with E-state index in [9.17, 15) is 9.90 Å². The Hall–Kier alpha value is -1.19. The van der Waals surface area contributed by atoms with E-state index in [1.165, 1.54) is 0 Å². The van der Waals surface area contributed by atoms with E-state index in [4.69, 9.17) is 0 Å². The molecule has 0 amide bonds. The van der Waals surface area contributed by atoms with Crippen LogP contribution >= 0.6 is 0 Å². The monoisotopic (exact) mass is 221 g/mol. The largest absolute Gasteiger partial charge is 0.390 e. The maximum absolute atomic E-state index is 11.8. The Balaban J connectivity index is 2.96. The van der Waals surface area contributed by atoms with Crippen LogP contribution in [-0.2, 0) is 6.42 Å². The third-order valence-corrected chi connectivity index (χ3v) is 2.28. The highest BCUT2D eigenvalue weighted by molar-refractivity contribution is 5.98. The summed E-state index contributed by atoms with van der Waals surface area (Å²) in [5.74, 6) is 0.0577. The highest BCUT2D eigenvalue weighted by atomic mass is 16.3. The zero-order valence-corrected chi connectivity index (χ0v) is 10.1. The smallest absolute Gasteiger partial charge is 0.176 e. The summed E-state index contributed by atoms with van der Waals surface area (Å²) in [5, 5.41) is 12.6. The lowest BCUT2D eigenvalue weighted by molar-refractivity contribution is 0.0805. The van der Waals surface area contributed by atoms with Gasteiger partial charge >= 0.3 is 0 Å². The first-order valence-electron chi connectivity index (χ1n) is 5.42. The number of likely N-dealkylation sites (N-methyl/N-ethyl adjacent to an activating group) is 1. The van der Waals surface area contributed by atoms with Crippen LogP contribution in [0, 0.1) is 0 Å². The van der Waals surface area contributed by atoms with E-state index in [0.29, 0.717) is 18.5 Å². The van der Waals surface area contributed by atoms with Gasteiger partial charge < -0.3 is 10.4 Å². The van der Waals surface area contributed by atoms with E-state index < -0.39 is 5.60 Å². The van der Waals surface area contributed by atoms with Crippen molar-refractivity contribution in [2.24, 2.45) is 0 Å². The Morgan fingerprint density at radius 3 is 2.56 bits per heavy atom. The van der Waals surface area contributed by atoms with Crippen LogP contribution in [0.5, 0.6) is 0 Å². The molecule has 1 rings (SSSR count). The molecule has 3 nitrogen and oxygen atoms in total. The van der Waals surface area contributed by atoms with Crippen LogP contribution in [0.25, 0.3) is 0 Å². The fraction of sp³-hybridized carbons (Fsp3) is 0.462. The zero-order valence-electron chi connectivity index (χ0n) is 10.1. The molecule has 0 heterocycles. The van der Waals surface area contributed by atoms with Gasteiger partial charge in [-0.15, -0.1) is 0 Å². The summed E-state index contributed by atoms with van der Waals surface area (Å²) in [7, 11) is 1.75. The molecule has 0 radical (unpaired) electrons. The van der Waals surface area contributed by atoms with Gasteiger partial charge in [0.25, 0.3) is 0 Å². The molecule has 0 atom stereocenters. The number of Topliss-reactive ketones (excluding diaryl/α,β-unsaturated/α-hetero) is 1. The number of hydrogen-bond acceptors (Lipinski definition) is 3. The number of carbonyl (C=O) groups is 1. The summed E-state index contributed by atoms with van der Waals surface area (Å²) in [4.78, 5) is 11.8. The first kappa shape index (κ1) is 12.9. The fourth-order valence-electron chi connectivity index (χ4n) is 1.67. The topological polar surface area (TPSA) is 49.3 Å². The minimum Gasteiger partial charge on any atom is -0.390 e. The van der Waals surface area contributed by atoms with Crippen molar-refractivity contribution < 1.29 is 9.90 Å². The molecule has 1 aromatic carbocycles. The number of hydrogen-bond donors (Lipinski definition) is 2. The van der Waals surface area contributed by atoms with E-state index >= 15 is 0 Å². The first-order chi connectivity index (χ1) is 7.44. The van der Waals surface area contributed by atoms with Gasteiger partial charge in [-0.05, 0) is 26.5 Å². The minimum atomic E-state index is -0.796. The van der Waals surface area contributed by atoms with Gasteiger partial charge in [0.15, 0.2) is 5.78 Å². The molecule has 0 spiro atoms. The molecule has 16 heavy (non-hydrogen) atoms. The lowest BCUT2D eigenvalue weighted by atomic mass is 9.93. The number of nitrogens with one attached hydrogen (secondary N) is 1. The second-order valence-electron chi connectivity index (χ2n) is 4.60.